The van der Waals surface area contributed by atoms with Crippen LogP contribution in [-0.2, 0) is 20.7 Å². The van der Waals surface area contributed by atoms with Crippen LogP contribution in [0.3, 0.4) is 0 Å². The predicted molar refractivity (Wildman–Crippen MR) is 99.0 cm³/mol. The Morgan fingerprint density at radius 1 is 1.15 bits per heavy atom. The Bertz CT molecular complexity index is 790. The minimum Gasteiger partial charge on any atom is -0.504 e. The van der Waals surface area contributed by atoms with Crippen molar-refractivity contribution in [1.29, 1.82) is 0 Å². The number of benzene rings is 2. The summed E-state index contributed by atoms with van der Waals surface area (Å²) >= 11 is 11.9. The summed E-state index contributed by atoms with van der Waals surface area (Å²) in [5.74, 6) is -0.739. The first-order chi connectivity index (χ1) is 12.4. The second-order valence-corrected chi connectivity index (χ2v) is 6.13. The number of hydrogen-bond donors (Lipinski definition) is 2. The number of carbonyl (C=O) groups is 2. The molecule has 2 aromatic rings. The highest BCUT2D eigenvalue weighted by Crippen LogP contribution is 2.29. The van der Waals surface area contributed by atoms with Crippen LogP contribution in [0.5, 0.6) is 11.5 Å². The molecule has 6 nitrogen and oxygen atoms in total. The number of phenolic OH excluding ortho intramolecular Hbond substituents is 1. The van der Waals surface area contributed by atoms with Crippen molar-refractivity contribution in [3.8, 4) is 11.5 Å². The smallest absolute Gasteiger partial charge is 0.306 e. The zero-order chi connectivity index (χ0) is 19.1. The maximum absolute atomic E-state index is 11.9. The van der Waals surface area contributed by atoms with Crippen LogP contribution in [0.2, 0.25) is 10.0 Å². The molecule has 0 aliphatic heterocycles. The van der Waals surface area contributed by atoms with E-state index in [1.54, 1.807) is 30.3 Å². The predicted octanol–water partition coefficient (Wildman–Crippen LogP) is 3.82. The minimum atomic E-state index is -0.546. The summed E-state index contributed by atoms with van der Waals surface area (Å²) < 4.78 is 9.88. The standard InChI is InChI=1S/C18H17Cl2NO5/c1-25-15-7-5-11(9-14(15)22)6-8-17(24)26-10-16(23)21-18-12(19)3-2-4-13(18)20/h2-5,7,9,22H,6,8,10H2,1H3,(H,21,23). The first-order valence-corrected chi connectivity index (χ1v) is 8.41. The molecule has 1 amide bonds. The van der Waals surface area contributed by atoms with Gasteiger partial charge >= 0.3 is 5.97 Å². The molecule has 2 aromatic carbocycles. The summed E-state index contributed by atoms with van der Waals surface area (Å²) in [6.07, 6.45) is 0.417. The summed E-state index contributed by atoms with van der Waals surface area (Å²) in [6.45, 7) is -0.450. The molecule has 0 spiro atoms. The van der Waals surface area contributed by atoms with Crippen molar-refractivity contribution in [3.05, 3.63) is 52.0 Å². The molecule has 0 saturated carbocycles. The van der Waals surface area contributed by atoms with E-state index < -0.39 is 18.5 Å². The molecule has 0 radical (unpaired) electrons. The van der Waals surface area contributed by atoms with Crippen LogP contribution in [0.1, 0.15) is 12.0 Å². The van der Waals surface area contributed by atoms with Gasteiger partial charge in [-0.15, -0.1) is 0 Å². The van der Waals surface area contributed by atoms with Gasteiger partial charge in [-0.2, -0.15) is 0 Å². The van der Waals surface area contributed by atoms with Crippen LogP contribution < -0.4 is 10.1 Å². The van der Waals surface area contributed by atoms with E-state index in [1.165, 1.54) is 13.2 Å². The molecule has 2 N–H and O–H groups in total. The van der Waals surface area contributed by atoms with Gasteiger partial charge in [-0.05, 0) is 36.2 Å². The van der Waals surface area contributed by atoms with E-state index in [0.717, 1.165) is 5.56 Å². The zero-order valence-corrected chi connectivity index (χ0v) is 15.4. The second-order valence-electron chi connectivity index (χ2n) is 5.31. The molecule has 0 heterocycles. The molecular weight excluding hydrogens is 381 g/mol. The lowest BCUT2D eigenvalue weighted by atomic mass is 10.1. The van der Waals surface area contributed by atoms with Gasteiger partial charge in [0.15, 0.2) is 18.1 Å². The number of carbonyl (C=O) groups excluding carboxylic acids is 2. The molecule has 0 aliphatic carbocycles. The number of anilines is 1. The minimum absolute atomic E-state index is 0.00522. The van der Waals surface area contributed by atoms with Gasteiger partial charge < -0.3 is 19.9 Å². The molecule has 0 fully saturated rings. The van der Waals surface area contributed by atoms with Gasteiger partial charge in [-0.1, -0.05) is 35.3 Å². The highest BCUT2D eigenvalue weighted by atomic mass is 35.5. The van der Waals surface area contributed by atoms with Gasteiger partial charge in [0, 0.05) is 6.42 Å². The van der Waals surface area contributed by atoms with Crippen molar-refractivity contribution >= 4 is 40.8 Å². The number of amides is 1. The summed E-state index contributed by atoms with van der Waals surface area (Å²) in [6, 6.07) is 9.67. The number of hydrogen-bond acceptors (Lipinski definition) is 5. The molecule has 2 rings (SSSR count). The molecule has 0 bridgehead atoms. The van der Waals surface area contributed by atoms with Gasteiger partial charge in [0.2, 0.25) is 0 Å². The lowest BCUT2D eigenvalue weighted by Crippen LogP contribution is -2.21. The molecule has 138 valence electrons. The van der Waals surface area contributed by atoms with Crippen LogP contribution in [0.25, 0.3) is 0 Å². The van der Waals surface area contributed by atoms with E-state index in [9.17, 15) is 14.7 Å². The van der Waals surface area contributed by atoms with Crippen molar-refractivity contribution in [2.75, 3.05) is 19.0 Å². The SMILES string of the molecule is COc1ccc(CCC(=O)OCC(=O)Nc2c(Cl)cccc2Cl)cc1O. The van der Waals surface area contributed by atoms with Crippen molar-refractivity contribution < 1.29 is 24.2 Å². The number of ether oxygens (including phenoxy) is 2. The number of nitrogens with one attached hydrogen (secondary N) is 1. The summed E-state index contributed by atoms with van der Waals surface area (Å²) in [5, 5.41) is 12.8. The Kier molecular flexibility index (Phi) is 7.12. The van der Waals surface area contributed by atoms with Crippen molar-refractivity contribution in [1.82, 2.24) is 0 Å². The number of phenols is 1. The molecular formula is C18H17Cl2NO5. The number of halogens is 2. The molecule has 26 heavy (non-hydrogen) atoms. The summed E-state index contributed by atoms with van der Waals surface area (Å²) in [5.41, 5.74) is 1.01. The highest BCUT2D eigenvalue weighted by molar-refractivity contribution is 6.39. The third-order valence-electron chi connectivity index (χ3n) is 3.45. The number of esters is 1. The van der Waals surface area contributed by atoms with E-state index in [0.29, 0.717) is 12.2 Å². The van der Waals surface area contributed by atoms with Gasteiger partial charge in [0.1, 0.15) is 0 Å². The summed E-state index contributed by atoms with van der Waals surface area (Å²) in [4.78, 5) is 23.6. The maximum atomic E-state index is 11.9. The number of rotatable bonds is 7. The molecule has 0 aliphatic rings. The Balaban J connectivity index is 1.79. The van der Waals surface area contributed by atoms with E-state index in [1.807, 2.05) is 0 Å². The lowest BCUT2D eigenvalue weighted by Gasteiger charge is -2.10. The number of methoxy groups -OCH3 is 1. The first kappa shape index (κ1) is 19.9. The maximum Gasteiger partial charge on any atom is 0.306 e. The van der Waals surface area contributed by atoms with Gasteiger partial charge in [-0.3, -0.25) is 9.59 Å². The topological polar surface area (TPSA) is 84.9 Å². The Morgan fingerprint density at radius 3 is 2.46 bits per heavy atom. The van der Waals surface area contributed by atoms with Crippen LogP contribution in [0, 0.1) is 0 Å². The van der Waals surface area contributed by atoms with E-state index in [2.05, 4.69) is 5.32 Å². The fourth-order valence-electron chi connectivity index (χ4n) is 2.15. The van der Waals surface area contributed by atoms with Crippen molar-refractivity contribution in [2.45, 2.75) is 12.8 Å². The number of para-hydroxylation sites is 1. The van der Waals surface area contributed by atoms with Gasteiger partial charge in [0.25, 0.3) is 5.91 Å². The zero-order valence-electron chi connectivity index (χ0n) is 13.9. The molecule has 0 saturated heterocycles. The Labute approximate surface area is 160 Å². The van der Waals surface area contributed by atoms with Crippen LogP contribution in [0.4, 0.5) is 5.69 Å². The fraction of sp³-hybridized carbons (Fsp3) is 0.222. The van der Waals surface area contributed by atoms with Crippen LogP contribution in [-0.4, -0.2) is 30.7 Å². The first-order valence-electron chi connectivity index (χ1n) is 7.66. The Morgan fingerprint density at radius 2 is 1.85 bits per heavy atom. The van der Waals surface area contributed by atoms with Crippen LogP contribution >= 0.6 is 23.2 Å². The van der Waals surface area contributed by atoms with Gasteiger partial charge in [-0.25, -0.2) is 0 Å². The quantitative estimate of drug-likeness (QED) is 0.693. The lowest BCUT2D eigenvalue weighted by molar-refractivity contribution is -0.147. The third kappa shape index (κ3) is 5.54. The van der Waals surface area contributed by atoms with E-state index in [4.69, 9.17) is 32.7 Å². The second kappa shape index (κ2) is 9.31. The van der Waals surface area contributed by atoms with E-state index >= 15 is 0 Å². The normalized spacial score (nSPS) is 10.3. The van der Waals surface area contributed by atoms with Crippen molar-refractivity contribution in [2.24, 2.45) is 0 Å². The fourth-order valence-corrected chi connectivity index (χ4v) is 2.64. The molecule has 0 unspecified atom stereocenters. The van der Waals surface area contributed by atoms with Crippen LogP contribution in [0.15, 0.2) is 36.4 Å². The van der Waals surface area contributed by atoms with Crippen molar-refractivity contribution in [3.63, 3.8) is 0 Å². The largest absolute Gasteiger partial charge is 0.504 e. The van der Waals surface area contributed by atoms with Gasteiger partial charge in [0.05, 0.1) is 22.8 Å². The average molecular weight is 398 g/mol. The Hall–Kier alpha value is -2.44. The molecule has 0 atom stereocenters. The third-order valence-corrected chi connectivity index (χ3v) is 4.08. The number of aryl methyl sites for hydroxylation is 1. The summed E-state index contributed by atoms with van der Waals surface area (Å²) in [7, 11) is 1.45. The molecule has 0 aromatic heterocycles. The average Bonchev–Trinajstić information content (AvgIpc) is 2.61. The monoisotopic (exact) mass is 397 g/mol. The van der Waals surface area contributed by atoms with E-state index in [-0.39, 0.29) is 27.9 Å². The highest BCUT2D eigenvalue weighted by Gasteiger charge is 2.12. The molecule has 8 heteroatoms. The number of aromatic hydroxyl groups is 1.